The van der Waals surface area contributed by atoms with Gasteiger partial charge in [-0.15, -0.1) is 11.3 Å². The van der Waals surface area contributed by atoms with Crippen LogP contribution in [0.25, 0.3) is 0 Å². The van der Waals surface area contributed by atoms with Crippen LogP contribution in [0.3, 0.4) is 0 Å². The first-order valence-corrected chi connectivity index (χ1v) is 6.63. The Morgan fingerprint density at radius 1 is 1.15 bits per heavy atom. The SMILES string of the molecule is Cc1cc(C(O)c2ccc(F)c(C(F)(F)F)c2)c(C)s1. The van der Waals surface area contributed by atoms with Crippen molar-refractivity contribution in [3.8, 4) is 0 Å². The predicted octanol–water partition coefficient (Wildman–Crippen LogP) is 4.60. The van der Waals surface area contributed by atoms with Crippen LogP contribution in [0, 0.1) is 19.7 Å². The first-order valence-electron chi connectivity index (χ1n) is 5.82. The van der Waals surface area contributed by atoms with Gasteiger partial charge in [0.1, 0.15) is 11.9 Å². The summed E-state index contributed by atoms with van der Waals surface area (Å²) >= 11 is 1.45. The molecule has 1 aromatic carbocycles. The second-order valence-electron chi connectivity index (χ2n) is 4.51. The van der Waals surface area contributed by atoms with Gasteiger partial charge in [-0.1, -0.05) is 6.07 Å². The number of halogens is 4. The molecule has 1 unspecified atom stereocenters. The van der Waals surface area contributed by atoms with Gasteiger partial charge in [-0.05, 0) is 43.2 Å². The van der Waals surface area contributed by atoms with E-state index >= 15 is 0 Å². The Hall–Kier alpha value is -1.40. The zero-order chi connectivity index (χ0) is 15.1. The monoisotopic (exact) mass is 304 g/mol. The van der Waals surface area contributed by atoms with Crippen molar-refractivity contribution in [3.05, 3.63) is 56.5 Å². The molecule has 0 aliphatic rings. The van der Waals surface area contributed by atoms with Gasteiger partial charge in [-0.25, -0.2) is 4.39 Å². The summed E-state index contributed by atoms with van der Waals surface area (Å²) in [5.41, 5.74) is -0.787. The van der Waals surface area contributed by atoms with Gasteiger partial charge < -0.3 is 5.11 Å². The molecule has 1 N–H and O–H groups in total. The molecular formula is C14H12F4OS. The highest BCUT2D eigenvalue weighted by atomic mass is 32.1. The molecule has 1 heterocycles. The Bertz CT molecular complexity index is 631. The van der Waals surface area contributed by atoms with Crippen LogP contribution >= 0.6 is 11.3 Å². The van der Waals surface area contributed by atoms with Gasteiger partial charge in [-0.3, -0.25) is 0 Å². The molecule has 20 heavy (non-hydrogen) atoms. The van der Waals surface area contributed by atoms with Crippen molar-refractivity contribution >= 4 is 11.3 Å². The Morgan fingerprint density at radius 3 is 2.30 bits per heavy atom. The number of benzene rings is 1. The van der Waals surface area contributed by atoms with Crippen molar-refractivity contribution in [2.75, 3.05) is 0 Å². The quantitative estimate of drug-likeness (QED) is 0.804. The minimum absolute atomic E-state index is 0.0274. The number of hydrogen-bond acceptors (Lipinski definition) is 2. The van der Waals surface area contributed by atoms with Crippen LogP contribution in [0.2, 0.25) is 0 Å². The number of alkyl halides is 3. The van der Waals surface area contributed by atoms with Gasteiger partial charge in [0, 0.05) is 9.75 Å². The van der Waals surface area contributed by atoms with Gasteiger partial charge in [-0.2, -0.15) is 13.2 Å². The zero-order valence-electron chi connectivity index (χ0n) is 10.8. The van der Waals surface area contributed by atoms with Crippen LogP contribution in [-0.4, -0.2) is 5.11 Å². The van der Waals surface area contributed by atoms with Gasteiger partial charge in [0.25, 0.3) is 0 Å². The normalized spacial score (nSPS) is 13.6. The number of aliphatic hydroxyl groups is 1. The fourth-order valence-electron chi connectivity index (χ4n) is 2.03. The molecule has 0 radical (unpaired) electrons. The van der Waals surface area contributed by atoms with Crippen LogP contribution in [0.5, 0.6) is 0 Å². The van der Waals surface area contributed by atoms with Gasteiger partial charge in [0.2, 0.25) is 0 Å². The molecule has 2 rings (SSSR count). The molecule has 0 spiro atoms. The average molecular weight is 304 g/mol. The number of rotatable bonds is 2. The van der Waals surface area contributed by atoms with Crippen LogP contribution in [0.15, 0.2) is 24.3 Å². The summed E-state index contributed by atoms with van der Waals surface area (Å²) < 4.78 is 51.2. The molecule has 0 saturated heterocycles. The average Bonchev–Trinajstić information content (AvgIpc) is 2.66. The van der Waals surface area contributed by atoms with E-state index in [1.165, 1.54) is 17.4 Å². The van der Waals surface area contributed by atoms with Crippen molar-refractivity contribution in [2.24, 2.45) is 0 Å². The molecular weight excluding hydrogens is 292 g/mol. The maximum atomic E-state index is 13.2. The molecule has 0 bridgehead atoms. The number of aryl methyl sites for hydroxylation is 2. The molecule has 2 aromatic rings. The lowest BCUT2D eigenvalue weighted by molar-refractivity contribution is -0.140. The van der Waals surface area contributed by atoms with E-state index in [-0.39, 0.29) is 5.56 Å². The molecule has 0 aliphatic carbocycles. The number of aliphatic hydroxyl groups excluding tert-OH is 1. The first kappa shape index (κ1) is 15.0. The lowest BCUT2D eigenvalue weighted by atomic mass is 9.99. The summed E-state index contributed by atoms with van der Waals surface area (Å²) in [6, 6.07) is 4.28. The highest BCUT2D eigenvalue weighted by Gasteiger charge is 2.34. The van der Waals surface area contributed by atoms with E-state index in [0.29, 0.717) is 11.6 Å². The molecule has 0 fully saturated rings. The smallest absolute Gasteiger partial charge is 0.384 e. The molecule has 1 aromatic heterocycles. The van der Waals surface area contributed by atoms with Crippen molar-refractivity contribution in [2.45, 2.75) is 26.1 Å². The Labute approximate surface area is 117 Å². The molecule has 0 aliphatic heterocycles. The summed E-state index contributed by atoms with van der Waals surface area (Å²) in [5.74, 6) is -1.34. The lowest BCUT2D eigenvalue weighted by Gasteiger charge is -2.14. The van der Waals surface area contributed by atoms with Crippen molar-refractivity contribution in [3.63, 3.8) is 0 Å². The second kappa shape index (κ2) is 5.18. The number of thiophene rings is 1. The van der Waals surface area contributed by atoms with Crippen LogP contribution in [-0.2, 0) is 6.18 Å². The molecule has 0 saturated carbocycles. The van der Waals surface area contributed by atoms with Gasteiger partial charge in [0.15, 0.2) is 0 Å². The second-order valence-corrected chi connectivity index (χ2v) is 5.97. The largest absolute Gasteiger partial charge is 0.419 e. The Balaban J connectivity index is 2.46. The molecule has 1 atom stereocenters. The Morgan fingerprint density at radius 2 is 1.80 bits per heavy atom. The maximum Gasteiger partial charge on any atom is 0.419 e. The van der Waals surface area contributed by atoms with E-state index in [0.717, 1.165) is 15.8 Å². The lowest BCUT2D eigenvalue weighted by Crippen LogP contribution is -2.10. The summed E-state index contributed by atoms with van der Waals surface area (Å²) in [5, 5.41) is 10.2. The fourth-order valence-corrected chi connectivity index (χ4v) is 2.99. The van der Waals surface area contributed by atoms with E-state index in [4.69, 9.17) is 0 Å². The topological polar surface area (TPSA) is 20.2 Å². The highest BCUT2D eigenvalue weighted by molar-refractivity contribution is 7.12. The molecule has 108 valence electrons. The van der Waals surface area contributed by atoms with Crippen LogP contribution in [0.4, 0.5) is 17.6 Å². The summed E-state index contributed by atoms with van der Waals surface area (Å²) in [6.45, 7) is 3.63. The van der Waals surface area contributed by atoms with Crippen molar-refractivity contribution < 1.29 is 22.7 Å². The predicted molar refractivity (Wildman–Crippen MR) is 69.3 cm³/mol. The van der Waals surface area contributed by atoms with E-state index < -0.39 is 23.7 Å². The third-order valence-corrected chi connectivity index (χ3v) is 3.97. The third-order valence-electron chi connectivity index (χ3n) is 2.99. The highest BCUT2D eigenvalue weighted by Crippen LogP contribution is 2.35. The Kier molecular flexibility index (Phi) is 3.88. The standard InChI is InChI=1S/C14H12F4OS/c1-7-5-10(8(2)20-7)13(19)9-3-4-12(15)11(6-9)14(16,17)18/h3-6,13,19H,1-2H3. The van der Waals surface area contributed by atoms with Gasteiger partial charge >= 0.3 is 6.18 Å². The summed E-state index contributed by atoms with van der Waals surface area (Å²) in [6.07, 6.45) is -5.97. The van der Waals surface area contributed by atoms with Crippen LogP contribution in [0.1, 0.15) is 32.5 Å². The van der Waals surface area contributed by atoms with E-state index in [1.807, 2.05) is 6.92 Å². The molecule has 1 nitrogen and oxygen atoms in total. The summed E-state index contributed by atoms with van der Waals surface area (Å²) in [7, 11) is 0. The minimum Gasteiger partial charge on any atom is -0.384 e. The van der Waals surface area contributed by atoms with Crippen molar-refractivity contribution in [1.29, 1.82) is 0 Å². The fraction of sp³-hybridized carbons (Fsp3) is 0.286. The van der Waals surface area contributed by atoms with Crippen molar-refractivity contribution in [1.82, 2.24) is 0 Å². The van der Waals surface area contributed by atoms with Gasteiger partial charge in [0.05, 0.1) is 5.56 Å². The molecule has 6 heteroatoms. The zero-order valence-corrected chi connectivity index (χ0v) is 11.6. The van der Waals surface area contributed by atoms with E-state index in [1.54, 1.807) is 13.0 Å². The molecule has 0 amide bonds. The summed E-state index contributed by atoms with van der Waals surface area (Å²) in [4.78, 5) is 1.78. The van der Waals surface area contributed by atoms with E-state index in [2.05, 4.69) is 0 Å². The van der Waals surface area contributed by atoms with E-state index in [9.17, 15) is 22.7 Å². The maximum absolute atomic E-state index is 13.2. The van der Waals surface area contributed by atoms with Crippen LogP contribution < -0.4 is 0 Å². The number of hydrogen-bond donors (Lipinski definition) is 1. The minimum atomic E-state index is -4.78. The third kappa shape index (κ3) is 2.86. The first-order chi connectivity index (χ1) is 9.20.